The molecule has 2 fully saturated rings. The Morgan fingerprint density at radius 1 is 1.40 bits per heavy atom. The highest BCUT2D eigenvalue weighted by Crippen LogP contribution is 2.29. The number of amides is 1. The molecule has 2 aliphatic rings. The van der Waals surface area contributed by atoms with E-state index in [0.29, 0.717) is 11.8 Å². The lowest BCUT2D eigenvalue weighted by atomic mass is 9.91. The van der Waals surface area contributed by atoms with E-state index in [2.05, 4.69) is 22.0 Å². The van der Waals surface area contributed by atoms with Crippen LogP contribution < -0.4 is 0 Å². The maximum Gasteiger partial charge on any atom is 0.225 e. The summed E-state index contributed by atoms with van der Waals surface area (Å²) in [5.74, 6) is 0.913. The summed E-state index contributed by atoms with van der Waals surface area (Å²) in [5, 5.41) is 7.22. The van der Waals surface area contributed by atoms with Crippen molar-refractivity contribution >= 4 is 5.91 Å². The van der Waals surface area contributed by atoms with E-state index in [1.54, 1.807) is 0 Å². The number of aromatic nitrogens is 2. The van der Waals surface area contributed by atoms with Gasteiger partial charge in [-0.3, -0.25) is 9.89 Å². The maximum absolute atomic E-state index is 12.6. The van der Waals surface area contributed by atoms with Crippen molar-refractivity contribution in [3.8, 4) is 0 Å². The molecular weight excluding hydrogens is 254 g/mol. The zero-order valence-corrected chi connectivity index (χ0v) is 12.1. The lowest BCUT2D eigenvalue weighted by Gasteiger charge is -2.35. The summed E-state index contributed by atoms with van der Waals surface area (Å²) in [6, 6.07) is 0. The topological polar surface area (TPSA) is 58.2 Å². The van der Waals surface area contributed by atoms with Gasteiger partial charge in [0.25, 0.3) is 0 Å². The Kier molecular flexibility index (Phi) is 4.05. The van der Waals surface area contributed by atoms with Crippen LogP contribution in [0.3, 0.4) is 0 Å². The summed E-state index contributed by atoms with van der Waals surface area (Å²) >= 11 is 0. The first-order chi connectivity index (χ1) is 9.75. The Balaban J connectivity index is 1.65. The number of nitrogens with one attached hydrogen (secondary N) is 1. The van der Waals surface area contributed by atoms with Gasteiger partial charge in [0.05, 0.1) is 6.20 Å². The van der Waals surface area contributed by atoms with Crippen LogP contribution in [-0.4, -0.2) is 47.3 Å². The first-order valence-electron chi connectivity index (χ1n) is 7.62. The van der Waals surface area contributed by atoms with E-state index in [1.807, 2.05) is 6.20 Å². The molecule has 2 saturated heterocycles. The molecule has 1 amide bonds. The number of hydrogen-bond acceptors (Lipinski definition) is 3. The van der Waals surface area contributed by atoms with Crippen LogP contribution in [0.15, 0.2) is 6.20 Å². The SMILES string of the molecule is Cc1cn[nH]c1[C@H]1CCCN(C(=O)C2CCOCC2)C1. The third kappa shape index (κ3) is 2.73. The average Bonchev–Trinajstić information content (AvgIpc) is 2.94. The van der Waals surface area contributed by atoms with Crippen LogP contribution in [0.25, 0.3) is 0 Å². The zero-order valence-electron chi connectivity index (χ0n) is 12.1. The number of hydrogen-bond donors (Lipinski definition) is 1. The number of ether oxygens (including phenoxy) is 1. The van der Waals surface area contributed by atoms with Crippen molar-refractivity contribution in [1.82, 2.24) is 15.1 Å². The van der Waals surface area contributed by atoms with Gasteiger partial charge in [-0.25, -0.2) is 0 Å². The van der Waals surface area contributed by atoms with Crippen molar-refractivity contribution in [2.45, 2.75) is 38.5 Å². The van der Waals surface area contributed by atoms with Gasteiger partial charge in [0, 0.05) is 43.8 Å². The summed E-state index contributed by atoms with van der Waals surface area (Å²) in [5.41, 5.74) is 2.41. The second-order valence-corrected chi connectivity index (χ2v) is 5.98. The largest absolute Gasteiger partial charge is 0.381 e. The molecule has 1 N–H and O–H groups in total. The van der Waals surface area contributed by atoms with Crippen LogP contribution in [-0.2, 0) is 9.53 Å². The van der Waals surface area contributed by atoms with Crippen molar-refractivity contribution in [3.63, 3.8) is 0 Å². The van der Waals surface area contributed by atoms with Gasteiger partial charge in [0.15, 0.2) is 0 Å². The third-order valence-electron chi connectivity index (χ3n) is 4.58. The van der Waals surface area contributed by atoms with E-state index < -0.39 is 0 Å². The van der Waals surface area contributed by atoms with E-state index >= 15 is 0 Å². The van der Waals surface area contributed by atoms with Gasteiger partial charge < -0.3 is 9.64 Å². The van der Waals surface area contributed by atoms with Crippen molar-refractivity contribution in [3.05, 3.63) is 17.5 Å². The van der Waals surface area contributed by atoms with Gasteiger partial charge in [-0.05, 0) is 38.2 Å². The maximum atomic E-state index is 12.6. The first kappa shape index (κ1) is 13.6. The Hall–Kier alpha value is -1.36. The monoisotopic (exact) mass is 277 g/mol. The Morgan fingerprint density at radius 2 is 2.20 bits per heavy atom. The van der Waals surface area contributed by atoms with Gasteiger partial charge in [-0.1, -0.05) is 0 Å². The molecule has 3 rings (SSSR count). The predicted molar refractivity (Wildman–Crippen MR) is 75.4 cm³/mol. The zero-order chi connectivity index (χ0) is 13.9. The minimum absolute atomic E-state index is 0.172. The minimum Gasteiger partial charge on any atom is -0.381 e. The predicted octanol–water partition coefficient (Wildman–Crippen LogP) is 1.85. The fourth-order valence-electron chi connectivity index (χ4n) is 3.39. The smallest absolute Gasteiger partial charge is 0.225 e. The molecule has 1 aromatic rings. The molecule has 0 unspecified atom stereocenters. The Bertz CT molecular complexity index is 465. The molecule has 0 bridgehead atoms. The highest BCUT2D eigenvalue weighted by atomic mass is 16.5. The third-order valence-corrected chi connectivity index (χ3v) is 4.58. The van der Waals surface area contributed by atoms with Crippen molar-refractivity contribution in [2.75, 3.05) is 26.3 Å². The van der Waals surface area contributed by atoms with Crippen LogP contribution in [0.4, 0.5) is 0 Å². The molecule has 110 valence electrons. The van der Waals surface area contributed by atoms with Crippen molar-refractivity contribution in [2.24, 2.45) is 5.92 Å². The lowest BCUT2D eigenvalue weighted by molar-refractivity contribution is -0.139. The molecule has 1 aromatic heterocycles. The summed E-state index contributed by atoms with van der Waals surface area (Å²) in [7, 11) is 0. The first-order valence-corrected chi connectivity index (χ1v) is 7.62. The van der Waals surface area contributed by atoms with E-state index in [0.717, 1.165) is 52.0 Å². The number of piperidine rings is 1. The number of carbonyl (C=O) groups is 1. The molecule has 5 nitrogen and oxygen atoms in total. The van der Waals surface area contributed by atoms with E-state index in [1.165, 1.54) is 11.3 Å². The molecule has 0 aromatic carbocycles. The van der Waals surface area contributed by atoms with E-state index in [-0.39, 0.29) is 5.92 Å². The molecule has 5 heteroatoms. The minimum atomic E-state index is 0.172. The number of aromatic amines is 1. The quantitative estimate of drug-likeness (QED) is 0.897. The Labute approximate surface area is 119 Å². The normalized spacial score (nSPS) is 24.9. The van der Waals surface area contributed by atoms with Crippen molar-refractivity contribution < 1.29 is 9.53 Å². The van der Waals surface area contributed by atoms with Gasteiger partial charge in [-0.2, -0.15) is 5.10 Å². The number of likely N-dealkylation sites (tertiary alicyclic amines) is 1. The number of carbonyl (C=O) groups excluding carboxylic acids is 1. The molecule has 20 heavy (non-hydrogen) atoms. The lowest BCUT2D eigenvalue weighted by Crippen LogP contribution is -2.43. The highest BCUT2D eigenvalue weighted by Gasteiger charge is 2.31. The van der Waals surface area contributed by atoms with Crippen LogP contribution in [0.5, 0.6) is 0 Å². The average molecular weight is 277 g/mol. The number of rotatable bonds is 2. The second kappa shape index (κ2) is 5.95. The summed E-state index contributed by atoms with van der Waals surface area (Å²) in [6.45, 7) is 5.28. The summed E-state index contributed by atoms with van der Waals surface area (Å²) in [6.07, 6.45) is 5.85. The summed E-state index contributed by atoms with van der Waals surface area (Å²) < 4.78 is 5.35. The molecule has 0 radical (unpaired) electrons. The van der Waals surface area contributed by atoms with Crippen LogP contribution in [0.1, 0.15) is 42.9 Å². The molecule has 0 aliphatic carbocycles. The standard InChI is InChI=1S/C15H23N3O2/c1-11-9-16-17-14(11)13-3-2-6-18(10-13)15(19)12-4-7-20-8-5-12/h9,12-13H,2-8,10H2,1H3,(H,16,17)/t13-/m0/s1. The van der Waals surface area contributed by atoms with E-state index in [9.17, 15) is 4.79 Å². The fraction of sp³-hybridized carbons (Fsp3) is 0.733. The van der Waals surface area contributed by atoms with Gasteiger partial charge in [-0.15, -0.1) is 0 Å². The van der Waals surface area contributed by atoms with Crippen LogP contribution in [0, 0.1) is 12.8 Å². The number of nitrogens with zero attached hydrogens (tertiary/aromatic N) is 2. The second-order valence-electron chi connectivity index (χ2n) is 5.98. The van der Waals surface area contributed by atoms with E-state index in [4.69, 9.17) is 4.74 Å². The van der Waals surface area contributed by atoms with Crippen molar-refractivity contribution in [1.29, 1.82) is 0 Å². The van der Waals surface area contributed by atoms with Gasteiger partial charge >= 0.3 is 0 Å². The molecule has 0 saturated carbocycles. The molecule has 2 aliphatic heterocycles. The molecule has 3 heterocycles. The van der Waals surface area contributed by atoms with Crippen LogP contribution in [0.2, 0.25) is 0 Å². The fourth-order valence-corrected chi connectivity index (χ4v) is 3.39. The molecule has 0 spiro atoms. The number of aryl methyl sites for hydroxylation is 1. The van der Waals surface area contributed by atoms with Gasteiger partial charge in [0.2, 0.25) is 5.91 Å². The molecule has 1 atom stereocenters. The Morgan fingerprint density at radius 3 is 2.90 bits per heavy atom. The van der Waals surface area contributed by atoms with Gasteiger partial charge in [0.1, 0.15) is 0 Å². The molecular formula is C15H23N3O2. The summed E-state index contributed by atoms with van der Waals surface area (Å²) in [4.78, 5) is 14.7. The van der Waals surface area contributed by atoms with Crippen LogP contribution >= 0.6 is 0 Å². The highest BCUT2D eigenvalue weighted by molar-refractivity contribution is 5.79. The number of H-pyrrole nitrogens is 1.